The summed E-state index contributed by atoms with van der Waals surface area (Å²) >= 11 is 5.84. The van der Waals surface area contributed by atoms with Crippen LogP contribution >= 0.6 is 11.6 Å². The van der Waals surface area contributed by atoms with Gasteiger partial charge in [0.15, 0.2) is 0 Å². The van der Waals surface area contributed by atoms with Crippen molar-refractivity contribution >= 4 is 17.6 Å². The molecule has 0 spiro atoms. The van der Waals surface area contributed by atoms with E-state index in [-0.39, 0.29) is 6.03 Å². The zero-order chi connectivity index (χ0) is 17.4. The van der Waals surface area contributed by atoms with E-state index in [4.69, 9.17) is 16.3 Å². The summed E-state index contributed by atoms with van der Waals surface area (Å²) in [6.07, 6.45) is 0.767. The van der Waals surface area contributed by atoms with Crippen molar-refractivity contribution in [1.82, 2.24) is 10.6 Å². The number of hydrogen-bond acceptors (Lipinski definition) is 2. The molecule has 0 bridgehead atoms. The van der Waals surface area contributed by atoms with Crippen molar-refractivity contribution in [2.24, 2.45) is 0 Å². The van der Waals surface area contributed by atoms with E-state index >= 15 is 0 Å². The van der Waals surface area contributed by atoms with E-state index < -0.39 is 0 Å². The summed E-state index contributed by atoms with van der Waals surface area (Å²) in [4.78, 5) is 11.7. The number of nitrogens with one attached hydrogen (secondary N) is 2. The van der Waals surface area contributed by atoms with Gasteiger partial charge in [0, 0.05) is 11.6 Å². The first-order chi connectivity index (χ1) is 11.6. The van der Waals surface area contributed by atoms with Crippen molar-refractivity contribution in [1.29, 1.82) is 0 Å². The number of carbonyl (C=O) groups is 1. The first-order valence-electron chi connectivity index (χ1n) is 8.01. The first-order valence-corrected chi connectivity index (χ1v) is 8.39. The number of amides is 2. The normalized spacial score (nSPS) is 10.3. The van der Waals surface area contributed by atoms with Crippen LogP contribution in [0.25, 0.3) is 0 Å². The maximum atomic E-state index is 11.7. The van der Waals surface area contributed by atoms with Crippen LogP contribution in [-0.4, -0.2) is 25.7 Å². The van der Waals surface area contributed by atoms with Crippen LogP contribution in [0.5, 0.6) is 5.75 Å². The Morgan fingerprint density at radius 2 is 1.75 bits per heavy atom. The van der Waals surface area contributed by atoms with Gasteiger partial charge in [-0.1, -0.05) is 35.9 Å². The number of urea groups is 1. The van der Waals surface area contributed by atoms with Gasteiger partial charge >= 0.3 is 6.03 Å². The third-order valence-electron chi connectivity index (χ3n) is 3.81. The lowest BCUT2D eigenvalue weighted by molar-refractivity contribution is 0.236. The van der Waals surface area contributed by atoms with Crippen molar-refractivity contribution in [2.45, 2.75) is 20.3 Å². The van der Waals surface area contributed by atoms with Crippen molar-refractivity contribution in [3.8, 4) is 5.75 Å². The molecule has 0 unspecified atom stereocenters. The molecule has 2 N–H and O–H groups in total. The van der Waals surface area contributed by atoms with E-state index in [1.54, 1.807) is 0 Å². The second kappa shape index (κ2) is 9.18. The molecule has 24 heavy (non-hydrogen) atoms. The van der Waals surface area contributed by atoms with E-state index in [2.05, 4.69) is 23.6 Å². The average molecular weight is 347 g/mol. The van der Waals surface area contributed by atoms with E-state index in [1.807, 2.05) is 43.3 Å². The van der Waals surface area contributed by atoms with Crippen molar-refractivity contribution in [2.75, 3.05) is 19.7 Å². The largest absolute Gasteiger partial charge is 0.491 e. The Hall–Kier alpha value is -2.20. The van der Waals surface area contributed by atoms with Gasteiger partial charge in [-0.2, -0.15) is 0 Å². The average Bonchev–Trinajstić information content (AvgIpc) is 2.57. The molecule has 4 nitrogen and oxygen atoms in total. The lowest BCUT2D eigenvalue weighted by atomic mass is 10.1. The summed E-state index contributed by atoms with van der Waals surface area (Å²) in [7, 11) is 0. The molecule has 0 fully saturated rings. The molecule has 0 atom stereocenters. The highest BCUT2D eigenvalue weighted by atomic mass is 35.5. The molecule has 0 aromatic heterocycles. The summed E-state index contributed by atoms with van der Waals surface area (Å²) in [5.74, 6) is 0.861. The highest BCUT2D eigenvalue weighted by molar-refractivity contribution is 6.30. The Morgan fingerprint density at radius 3 is 2.50 bits per heavy atom. The Labute approximate surface area is 148 Å². The minimum absolute atomic E-state index is 0.187. The number of aryl methyl sites for hydroxylation is 1. The minimum Gasteiger partial charge on any atom is -0.491 e. The topological polar surface area (TPSA) is 50.4 Å². The van der Waals surface area contributed by atoms with E-state index in [9.17, 15) is 4.79 Å². The minimum atomic E-state index is -0.187. The predicted octanol–water partition coefficient (Wildman–Crippen LogP) is 3.88. The van der Waals surface area contributed by atoms with Crippen LogP contribution in [0.15, 0.2) is 42.5 Å². The molecule has 0 aliphatic rings. The summed E-state index contributed by atoms with van der Waals surface area (Å²) in [5.41, 5.74) is 3.46. The molecule has 5 heteroatoms. The second-order valence-electron chi connectivity index (χ2n) is 5.61. The fourth-order valence-electron chi connectivity index (χ4n) is 2.24. The van der Waals surface area contributed by atoms with E-state index in [1.165, 1.54) is 5.56 Å². The molecule has 0 saturated heterocycles. The van der Waals surface area contributed by atoms with Gasteiger partial charge in [0.25, 0.3) is 0 Å². The van der Waals surface area contributed by atoms with Crippen molar-refractivity contribution in [3.63, 3.8) is 0 Å². The zero-order valence-corrected chi connectivity index (χ0v) is 14.8. The fraction of sp³-hybridized carbons (Fsp3) is 0.316. The summed E-state index contributed by atoms with van der Waals surface area (Å²) in [6, 6.07) is 13.4. The molecule has 128 valence electrons. The van der Waals surface area contributed by atoms with Crippen LogP contribution in [0.1, 0.15) is 16.7 Å². The molecular weight excluding hydrogens is 324 g/mol. The molecular formula is C19H23ClN2O2. The number of benzene rings is 2. The maximum absolute atomic E-state index is 11.7. The molecule has 2 amide bonds. The quantitative estimate of drug-likeness (QED) is 0.747. The van der Waals surface area contributed by atoms with Crippen molar-refractivity contribution in [3.05, 3.63) is 64.2 Å². The number of carbonyl (C=O) groups excluding carboxylic acids is 1. The van der Waals surface area contributed by atoms with Gasteiger partial charge in [-0.3, -0.25) is 0 Å². The summed E-state index contributed by atoms with van der Waals surface area (Å²) in [5, 5.41) is 6.33. The fourth-order valence-corrected chi connectivity index (χ4v) is 2.37. The van der Waals surface area contributed by atoms with Gasteiger partial charge in [0.1, 0.15) is 12.4 Å². The van der Waals surface area contributed by atoms with Crippen LogP contribution in [0.2, 0.25) is 5.02 Å². The van der Waals surface area contributed by atoms with Gasteiger partial charge in [0.05, 0.1) is 6.54 Å². The first kappa shape index (κ1) is 18.1. The molecule has 0 saturated carbocycles. The Kier molecular flexibility index (Phi) is 6.94. The molecule has 2 rings (SSSR count). The van der Waals surface area contributed by atoms with Crippen LogP contribution in [0.3, 0.4) is 0 Å². The van der Waals surface area contributed by atoms with Gasteiger partial charge in [-0.15, -0.1) is 0 Å². The number of halogens is 1. The Morgan fingerprint density at radius 1 is 1.04 bits per heavy atom. The molecule has 0 aliphatic heterocycles. The maximum Gasteiger partial charge on any atom is 0.314 e. The summed E-state index contributed by atoms with van der Waals surface area (Å²) in [6.45, 7) is 5.55. The van der Waals surface area contributed by atoms with Crippen LogP contribution < -0.4 is 15.4 Å². The number of ether oxygens (including phenoxy) is 1. The molecule has 0 aliphatic carbocycles. The monoisotopic (exact) mass is 346 g/mol. The lowest BCUT2D eigenvalue weighted by Gasteiger charge is -2.12. The number of rotatable bonds is 7. The van der Waals surface area contributed by atoms with Gasteiger partial charge in [0.2, 0.25) is 0 Å². The number of hydrogen-bond donors (Lipinski definition) is 2. The highest BCUT2D eigenvalue weighted by Gasteiger charge is 2.03. The molecule has 2 aromatic rings. The molecule has 0 radical (unpaired) electrons. The highest BCUT2D eigenvalue weighted by Crippen LogP contribution is 2.20. The SMILES string of the molecule is Cc1cccc(OCCNC(=O)NCCc2ccc(Cl)cc2)c1C. The predicted molar refractivity (Wildman–Crippen MR) is 98.0 cm³/mol. The second-order valence-corrected chi connectivity index (χ2v) is 6.04. The smallest absolute Gasteiger partial charge is 0.314 e. The van der Waals surface area contributed by atoms with Gasteiger partial charge in [-0.25, -0.2) is 4.79 Å². The van der Waals surface area contributed by atoms with E-state index in [0.717, 1.165) is 23.3 Å². The molecule has 2 aromatic carbocycles. The van der Waals surface area contributed by atoms with Crippen molar-refractivity contribution < 1.29 is 9.53 Å². The zero-order valence-electron chi connectivity index (χ0n) is 14.1. The van der Waals surface area contributed by atoms with E-state index in [0.29, 0.717) is 24.7 Å². The van der Waals surface area contributed by atoms with Crippen LogP contribution in [0.4, 0.5) is 4.79 Å². The lowest BCUT2D eigenvalue weighted by Crippen LogP contribution is -2.38. The Balaban J connectivity index is 1.61. The third-order valence-corrected chi connectivity index (χ3v) is 4.06. The molecule has 0 heterocycles. The Bertz CT molecular complexity index is 672. The van der Waals surface area contributed by atoms with Crippen LogP contribution in [-0.2, 0) is 6.42 Å². The standard InChI is InChI=1S/C19H23ClN2O2/c1-14-4-3-5-18(15(14)2)24-13-12-22-19(23)21-11-10-16-6-8-17(20)9-7-16/h3-9H,10-13H2,1-2H3,(H2,21,22,23). The summed E-state index contributed by atoms with van der Waals surface area (Å²) < 4.78 is 5.70. The van der Waals surface area contributed by atoms with Gasteiger partial charge < -0.3 is 15.4 Å². The third kappa shape index (κ3) is 5.78. The van der Waals surface area contributed by atoms with Gasteiger partial charge in [-0.05, 0) is 55.2 Å². The van der Waals surface area contributed by atoms with Crippen LogP contribution in [0, 0.1) is 13.8 Å².